The van der Waals surface area contributed by atoms with Gasteiger partial charge in [0.2, 0.25) is 0 Å². The summed E-state index contributed by atoms with van der Waals surface area (Å²) in [5.74, 6) is 0.737. The quantitative estimate of drug-likeness (QED) is 0.923. The van der Waals surface area contributed by atoms with Gasteiger partial charge in [0.25, 0.3) is 0 Å². The lowest BCUT2D eigenvalue weighted by molar-refractivity contribution is 0.241. The van der Waals surface area contributed by atoms with Gasteiger partial charge in [-0.15, -0.1) is 0 Å². The van der Waals surface area contributed by atoms with Crippen LogP contribution in [-0.4, -0.2) is 11.1 Å². The predicted octanol–water partition coefficient (Wildman–Crippen LogP) is 3.85. The summed E-state index contributed by atoms with van der Waals surface area (Å²) in [6.07, 6.45) is 3.60. The molecule has 1 aromatic heterocycles. The van der Waals surface area contributed by atoms with Crippen LogP contribution in [0.1, 0.15) is 31.9 Å². The Labute approximate surface area is 128 Å². The van der Waals surface area contributed by atoms with Crippen LogP contribution in [0.3, 0.4) is 0 Å². The van der Waals surface area contributed by atoms with Crippen LogP contribution in [0.15, 0.2) is 47.2 Å². The van der Waals surface area contributed by atoms with E-state index in [1.165, 1.54) is 0 Å². The van der Waals surface area contributed by atoms with Crippen LogP contribution in [0.25, 0.3) is 0 Å². The van der Waals surface area contributed by atoms with Crippen LogP contribution < -0.4 is 10.5 Å². The van der Waals surface area contributed by atoms with Gasteiger partial charge in [-0.3, -0.25) is 4.98 Å². The Bertz CT molecular complexity index is 597. The van der Waals surface area contributed by atoms with Gasteiger partial charge in [0.05, 0.1) is 17.8 Å². The van der Waals surface area contributed by atoms with Crippen molar-refractivity contribution >= 4 is 15.9 Å². The highest BCUT2D eigenvalue weighted by atomic mass is 79.9. The van der Waals surface area contributed by atoms with E-state index in [-0.39, 0.29) is 6.10 Å². The monoisotopic (exact) mass is 334 g/mol. The SMILES string of the molecule is CC(C)Oc1cncc(C(C)(N)c2ccccc2Br)c1. The number of hydrogen-bond acceptors (Lipinski definition) is 3. The van der Waals surface area contributed by atoms with Gasteiger partial charge < -0.3 is 10.5 Å². The molecule has 0 aliphatic rings. The lowest BCUT2D eigenvalue weighted by Crippen LogP contribution is -2.34. The summed E-state index contributed by atoms with van der Waals surface area (Å²) in [7, 11) is 0. The number of aromatic nitrogens is 1. The number of nitrogens with zero attached hydrogens (tertiary/aromatic N) is 1. The van der Waals surface area contributed by atoms with Crippen LogP contribution in [0.4, 0.5) is 0 Å². The first kappa shape index (κ1) is 15.0. The van der Waals surface area contributed by atoms with Gasteiger partial charge in [-0.05, 0) is 44.0 Å². The van der Waals surface area contributed by atoms with Gasteiger partial charge >= 0.3 is 0 Å². The molecule has 0 spiro atoms. The van der Waals surface area contributed by atoms with E-state index in [0.29, 0.717) is 0 Å². The molecule has 1 atom stereocenters. The van der Waals surface area contributed by atoms with Gasteiger partial charge in [0.1, 0.15) is 5.75 Å². The molecule has 1 unspecified atom stereocenters. The fraction of sp³-hybridized carbons (Fsp3) is 0.312. The van der Waals surface area contributed by atoms with E-state index in [1.54, 1.807) is 12.4 Å². The highest BCUT2D eigenvalue weighted by molar-refractivity contribution is 9.10. The molecule has 0 bridgehead atoms. The predicted molar refractivity (Wildman–Crippen MR) is 84.8 cm³/mol. The molecule has 4 heteroatoms. The first-order chi connectivity index (χ1) is 9.41. The first-order valence-corrected chi connectivity index (χ1v) is 7.36. The Morgan fingerprint density at radius 3 is 2.60 bits per heavy atom. The van der Waals surface area contributed by atoms with Crippen molar-refractivity contribution in [1.29, 1.82) is 0 Å². The van der Waals surface area contributed by atoms with Crippen LogP contribution in [0.5, 0.6) is 5.75 Å². The molecule has 3 nitrogen and oxygen atoms in total. The smallest absolute Gasteiger partial charge is 0.138 e. The highest BCUT2D eigenvalue weighted by Crippen LogP contribution is 2.32. The van der Waals surface area contributed by atoms with Crippen molar-refractivity contribution in [3.8, 4) is 5.75 Å². The summed E-state index contributed by atoms with van der Waals surface area (Å²) >= 11 is 3.56. The van der Waals surface area contributed by atoms with E-state index in [1.807, 2.05) is 51.1 Å². The summed E-state index contributed by atoms with van der Waals surface area (Å²) in [4.78, 5) is 4.24. The fourth-order valence-electron chi connectivity index (χ4n) is 2.08. The molecule has 2 rings (SSSR count). The second kappa shape index (κ2) is 5.94. The molecular weight excluding hydrogens is 316 g/mol. The number of rotatable bonds is 4. The van der Waals surface area contributed by atoms with E-state index in [9.17, 15) is 0 Å². The summed E-state index contributed by atoms with van der Waals surface area (Å²) in [5, 5.41) is 0. The van der Waals surface area contributed by atoms with Gasteiger partial charge in [-0.1, -0.05) is 34.1 Å². The summed E-state index contributed by atoms with van der Waals surface area (Å²) in [6, 6.07) is 9.90. The number of benzene rings is 1. The maximum absolute atomic E-state index is 6.53. The average molecular weight is 335 g/mol. The molecule has 20 heavy (non-hydrogen) atoms. The van der Waals surface area contributed by atoms with Crippen molar-refractivity contribution in [1.82, 2.24) is 4.98 Å². The van der Waals surface area contributed by atoms with Crippen molar-refractivity contribution in [2.45, 2.75) is 32.4 Å². The van der Waals surface area contributed by atoms with E-state index in [0.717, 1.165) is 21.3 Å². The Hall–Kier alpha value is -1.39. The third-order valence-corrected chi connectivity index (χ3v) is 3.81. The van der Waals surface area contributed by atoms with Crippen molar-refractivity contribution in [3.63, 3.8) is 0 Å². The van der Waals surface area contributed by atoms with Gasteiger partial charge in [-0.25, -0.2) is 0 Å². The lowest BCUT2D eigenvalue weighted by atomic mass is 9.86. The molecule has 106 valence electrons. The van der Waals surface area contributed by atoms with Gasteiger partial charge in [0, 0.05) is 10.7 Å². The van der Waals surface area contributed by atoms with Crippen molar-refractivity contribution in [2.75, 3.05) is 0 Å². The number of ether oxygens (including phenoxy) is 1. The molecule has 1 aromatic carbocycles. The minimum Gasteiger partial charge on any atom is -0.489 e. The molecule has 2 N–H and O–H groups in total. The van der Waals surface area contributed by atoms with Gasteiger partial charge in [-0.2, -0.15) is 0 Å². The third-order valence-electron chi connectivity index (χ3n) is 3.12. The standard InChI is InChI=1S/C16H19BrN2O/c1-11(2)20-13-8-12(9-19-10-13)16(3,18)14-6-4-5-7-15(14)17/h4-11H,18H2,1-3H3. The third kappa shape index (κ3) is 3.19. The van der Waals surface area contributed by atoms with Crippen molar-refractivity contribution in [2.24, 2.45) is 5.73 Å². The zero-order chi connectivity index (χ0) is 14.8. The van der Waals surface area contributed by atoms with E-state index < -0.39 is 5.54 Å². The summed E-state index contributed by atoms with van der Waals surface area (Å²) in [6.45, 7) is 5.95. The Morgan fingerprint density at radius 1 is 1.25 bits per heavy atom. The topological polar surface area (TPSA) is 48.1 Å². The second-order valence-corrected chi connectivity index (χ2v) is 6.11. The molecule has 2 aromatic rings. The molecule has 1 heterocycles. The van der Waals surface area contributed by atoms with Crippen molar-refractivity contribution in [3.05, 3.63) is 58.3 Å². The zero-order valence-corrected chi connectivity index (χ0v) is 13.5. The normalized spacial score (nSPS) is 14.1. The van der Waals surface area contributed by atoms with Crippen LogP contribution in [-0.2, 0) is 5.54 Å². The molecule has 0 amide bonds. The summed E-state index contributed by atoms with van der Waals surface area (Å²) < 4.78 is 6.67. The van der Waals surface area contributed by atoms with Crippen LogP contribution >= 0.6 is 15.9 Å². The molecule has 0 aliphatic carbocycles. The van der Waals surface area contributed by atoms with Crippen LogP contribution in [0, 0.1) is 0 Å². The van der Waals surface area contributed by atoms with Crippen molar-refractivity contribution < 1.29 is 4.74 Å². The zero-order valence-electron chi connectivity index (χ0n) is 11.9. The molecular formula is C16H19BrN2O. The van der Waals surface area contributed by atoms with Crippen LogP contribution in [0.2, 0.25) is 0 Å². The maximum Gasteiger partial charge on any atom is 0.138 e. The lowest BCUT2D eigenvalue weighted by Gasteiger charge is -2.27. The Kier molecular flexibility index (Phi) is 4.45. The first-order valence-electron chi connectivity index (χ1n) is 6.57. The maximum atomic E-state index is 6.53. The molecule has 0 saturated heterocycles. The largest absolute Gasteiger partial charge is 0.489 e. The minimum absolute atomic E-state index is 0.111. The fourth-order valence-corrected chi connectivity index (χ4v) is 2.77. The Morgan fingerprint density at radius 2 is 1.95 bits per heavy atom. The van der Waals surface area contributed by atoms with E-state index in [2.05, 4.69) is 20.9 Å². The molecule has 0 saturated carbocycles. The number of hydrogen-bond donors (Lipinski definition) is 1. The van der Waals surface area contributed by atoms with E-state index in [4.69, 9.17) is 10.5 Å². The number of pyridine rings is 1. The summed E-state index contributed by atoms with van der Waals surface area (Å²) in [5.41, 5.74) is 7.84. The minimum atomic E-state index is -0.635. The van der Waals surface area contributed by atoms with Gasteiger partial charge in [0.15, 0.2) is 0 Å². The second-order valence-electron chi connectivity index (χ2n) is 5.26. The molecule has 0 fully saturated rings. The molecule has 0 radical (unpaired) electrons. The molecule has 0 aliphatic heterocycles. The number of halogens is 1. The Balaban J connectivity index is 2.41. The van der Waals surface area contributed by atoms with E-state index >= 15 is 0 Å². The highest BCUT2D eigenvalue weighted by Gasteiger charge is 2.26. The number of nitrogens with two attached hydrogens (primary N) is 1. The average Bonchev–Trinajstić information content (AvgIpc) is 2.38.